The molecule has 0 aromatic carbocycles. The highest BCUT2D eigenvalue weighted by Gasteiger charge is 2.45. The summed E-state index contributed by atoms with van der Waals surface area (Å²) in [6.07, 6.45) is 2.58. The summed E-state index contributed by atoms with van der Waals surface area (Å²) in [7, 11) is -0.338. The van der Waals surface area contributed by atoms with Crippen LogP contribution in [0.2, 0.25) is 12.1 Å². The third-order valence-electron chi connectivity index (χ3n) is 4.67. The lowest BCUT2D eigenvalue weighted by Crippen LogP contribution is -2.58. The van der Waals surface area contributed by atoms with Crippen molar-refractivity contribution in [2.24, 2.45) is 0 Å². The molecule has 10 heteroatoms. The number of hydrogen-bond acceptors (Lipinski definition) is 8. The van der Waals surface area contributed by atoms with Crippen LogP contribution in [0.4, 0.5) is 0 Å². The number of allylic oxidation sites excluding steroid dienone is 1. The van der Waals surface area contributed by atoms with Crippen LogP contribution >= 0.6 is 0 Å². The highest BCUT2D eigenvalue weighted by molar-refractivity contribution is 6.61. The third-order valence-corrected chi connectivity index (χ3v) is 10.3. The third kappa shape index (κ3) is 6.19. The molecule has 3 heterocycles. The van der Waals surface area contributed by atoms with Crippen LogP contribution in [0.1, 0.15) is 6.42 Å². The molecule has 0 aromatic heterocycles. The van der Waals surface area contributed by atoms with Crippen LogP contribution in [0.25, 0.3) is 0 Å². The second kappa shape index (κ2) is 11.0. The Hall–Kier alpha value is -0.146. The number of nitrogens with zero attached hydrogens (tertiary/aromatic N) is 1. The quantitative estimate of drug-likeness (QED) is 0.287. The Labute approximate surface area is 159 Å². The summed E-state index contributed by atoms with van der Waals surface area (Å²) in [5.41, 5.74) is 0. The van der Waals surface area contributed by atoms with Gasteiger partial charge in [-0.25, -0.2) is 0 Å². The zero-order valence-corrected chi connectivity index (χ0v) is 18.2. The van der Waals surface area contributed by atoms with E-state index in [4.69, 9.17) is 31.3 Å². The summed E-state index contributed by atoms with van der Waals surface area (Å²) in [5, 5.41) is 0. The standard InChI is InChI=1S/C16H33NO7Si2/c1-5-12-26-22-10-7-17(8-11-23-26)14-16(24-26)15-21-9-6-13-25(18-2,19-3)20-4/h5,16H,1,6-15H2,2-4H3. The molecule has 3 fully saturated rings. The van der Waals surface area contributed by atoms with Gasteiger partial charge in [0, 0.05) is 59.7 Å². The van der Waals surface area contributed by atoms with Gasteiger partial charge in [-0.1, -0.05) is 6.08 Å². The van der Waals surface area contributed by atoms with Gasteiger partial charge in [0.25, 0.3) is 0 Å². The molecule has 3 saturated heterocycles. The monoisotopic (exact) mass is 407 g/mol. The summed E-state index contributed by atoms with van der Waals surface area (Å²) >= 11 is 0. The lowest BCUT2D eigenvalue weighted by molar-refractivity contribution is -0.0647. The largest absolute Gasteiger partial charge is 0.505 e. The minimum atomic E-state index is -2.68. The second-order valence-electron chi connectivity index (χ2n) is 6.39. The lowest BCUT2D eigenvalue weighted by atomic mass is 10.3. The summed E-state index contributed by atoms with van der Waals surface area (Å²) < 4.78 is 40.5. The number of rotatable bonds is 11. The van der Waals surface area contributed by atoms with E-state index in [1.54, 1.807) is 21.3 Å². The van der Waals surface area contributed by atoms with Crippen molar-refractivity contribution in [1.29, 1.82) is 0 Å². The Morgan fingerprint density at radius 2 is 1.81 bits per heavy atom. The Bertz CT molecular complexity index is 407. The highest BCUT2D eigenvalue weighted by Crippen LogP contribution is 2.23. The fourth-order valence-corrected chi connectivity index (χ4v) is 7.28. The van der Waals surface area contributed by atoms with Crippen LogP contribution in [-0.4, -0.2) is 96.0 Å². The minimum absolute atomic E-state index is 0.0588. The SMILES string of the molecule is C=CC[Si]12OCCN(CCO1)CC(COCCC[Si](OC)(OC)OC)O2. The van der Waals surface area contributed by atoms with Gasteiger partial charge < -0.3 is 31.3 Å². The van der Waals surface area contributed by atoms with Gasteiger partial charge in [-0.3, -0.25) is 4.90 Å². The average Bonchev–Trinajstić information content (AvgIpc) is 2.60. The van der Waals surface area contributed by atoms with Gasteiger partial charge in [0.05, 0.1) is 25.9 Å². The van der Waals surface area contributed by atoms with Gasteiger partial charge in [-0.05, 0) is 6.42 Å². The van der Waals surface area contributed by atoms with E-state index in [2.05, 4.69) is 11.5 Å². The van der Waals surface area contributed by atoms with Crippen molar-refractivity contribution in [3.63, 3.8) is 0 Å². The van der Waals surface area contributed by atoms with Crippen molar-refractivity contribution in [2.45, 2.75) is 24.6 Å². The molecule has 8 nitrogen and oxygen atoms in total. The molecule has 0 saturated carbocycles. The first-order chi connectivity index (χ1) is 12.6. The molecule has 3 aliphatic rings. The number of ether oxygens (including phenoxy) is 1. The van der Waals surface area contributed by atoms with Crippen LogP contribution in [0, 0.1) is 0 Å². The van der Waals surface area contributed by atoms with Crippen LogP contribution in [-0.2, 0) is 31.3 Å². The van der Waals surface area contributed by atoms with Gasteiger partial charge in [-0.15, -0.1) is 6.58 Å². The fourth-order valence-electron chi connectivity index (χ4n) is 3.23. The van der Waals surface area contributed by atoms with Crippen LogP contribution < -0.4 is 0 Å². The molecule has 26 heavy (non-hydrogen) atoms. The number of hydrogen-bond donors (Lipinski definition) is 0. The van der Waals surface area contributed by atoms with E-state index in [0.29, 0.717) is 32.5 Å². The Kier molecular flexibility index (Phi) is 9.37. The molecular formula is C16H33NO7Si2. The topological polar surface area (TPSA) is 67.9 Å². The van der Waals surface area contributed by atoms with Gasteiger partial charge in [0.15, 0.2) is 0 Å². The maximum absolute atomic E-state index is 6.29. The summed E-state index contributed by atoms with van der Waals surface area (Å²) in [4.78, 5) is 2.30. The molecule has 3 aliphatic heterocycles. The van der Waals surface area contributed by atoms with Crippen molar-refractivity contribution >= 4 is 17.6 Å². The van der Waals surface area contributed by atoms with Crippen molar-refractivity contribution in [1.82, 2.24) is 4.90 Å². The average molecular weight is 408 g/mol. The molecular weight excluding hydrogens is 374 g/mol. The molecule has 3 rings (SSSR count). The van der Waals surface area contributed by atoms with Crippen molar-refractivity contribution in [3.8, 4) is 0 Å². The maximum Gasteiger partial charge on any atom is 0.505 e. The first kappa shape index (κ1) is 22.1. The molecule has 0 radical (unpaired) electrons. The Balaban J connectivity index is 1.81. The fraction of sp³-hybridized carbons (Fsp3) is 0.875. The second-order valence-corrected chi connectivity index (χ2v) is 12.1. The highest BCUT2D eigenvalue weighted by atomic mass is 28.4. The lowest BCUT2D eigenvalue weighted by Gasteiger charge is -2.41. The molecule has 0 aromatic rings. The van der Waals surface area contributed by atoms with Gasteiger partial charge in [0.2, 0.25) is 0 Å². The summed E-state index contributed by atoms with van der Waals surface area (Å²) in [6.45, 7) is 8.87. The molecule has 1 atom stereocenters. The van der Waals surface area contributed by atoms with Crippen molar-refractivity contribution in [3.05, 3.63) is 12.7 Å². The smallest absolute Gasteiger partial charge is 0.379 e. The van der Waals surface area contributed by atoms with E-state index < -0.39 is 17.6 Å². The predicted octanol–water partition coefficient (Wildman–Crippen LogP) is 1.14. The van der Waals surface area contributed by atoms with E-state index in [-0.39, 0.29) is 6.10 Å². The predicted molar refractivity (Wildman–Crippen MR) is 101 cm³/mol. The van der Waals surface area contributed by atoms with Crippen molar-refractivity contribution < 1.29 is 31.3 Å². The summed E-state index contributed by atoms with van der Waals surface area (Å²) in [5.74, 6) is 0. The maximum atomic E-state index is 6.29. The van der Waals surface area contributed by atoms with E-state index in [1.165, 1.54) is 0 Å². The Morgan fingerprint density at radius 3 is 2.38 bits per heavy atom. The zero-order chi connectivity index (χ0) is 18.9. The first-order valence-electron chi connectivity index (χ1n) is 9.13. The Morgan fingerprint density at radius 1 is 1.15 bits per heavy atom. The van der Waals surface area contributed by atoms with E-state index in [1.807, 2.05) is 6.08 Å². The molecule has 0 aliphatic carbocycles. The molecule has 0 N–H and O–H groups in total. The molecule has 0 spiro atoms. The van der Waals surface area contributed by atoms with E-state index in [9.17, 15) is 0 Å². The zero-order valence-electron chi connectivity index (χ0n) is 16.2. The molecule has 0 amide bonds. The summed E-state index contributed by atoms with van der Waals surface area (Å²) in [6, 6.07) is 1.35. The normalized spacial score (nSPS) is 29.8. The van der Waals surface area contributed by atoms with Gasteiger partial charge >= 0.3 is 17.6 Å². The van der Waals surface area contributed by atoms with Gasteiger partial charge in [-0.2, -0.15) is 0 Å². The molecule has 1 unspecified atom stereocenters. The van der Waals surface area contributed by atoms with Crippen LogP contribution in [0.15, 0.2) is 12.7 Å². The van der Waals surface area contributed by atoms with Crippen LogP contribution in [0.5, 0.6) is 0 Å². The number of fused-ring (bicyclic) bond motifs is 6. The minimum Gasteiger partial charge on any atom is -0.379 e. The molecule has 2 bridgehead atoms. The molecule has 152 valence electrons. The first-order valence-corrected chi connectivity index (χ1v) is 13.0. The van der Waals surface area contributed by atoms with Crippen LogP contribution in [0.3, 0.4) is 0 Å². The van der Waals surface area contributed by atoms with E-state index >= 15 is 0 Å². The van der Waals surface area contributed by atoms with Crippen molar-refractivity contribution in [2.75, 3.05) is 67.4 Å². The van der Waals surface area contributed by atoms with Gasteiger partial charge in [0.1, 0.15) is 0 Å². The van der Waals surface area contributed by atoms with E-state index in [0.717, 1.165) is 32.1 Å².